The van der Waals surface area contributed by atoms with Crippen LogP contribution in [0.2, 0.25) is 0 Å². The summed E-state index contributed by atoms with van der Waals surface area (Å²) in [5, 5.41) is 0. The van der Waals surface area contributed by atoms with Crippen molar-refractivity contribution in [3.63, 3.8) is 0 Å². The van der Waals surface area contributed by atoms with Crippen LogP contribution in [0.4, 0.5) is 0 Å². The lowest BCUT2D eigenvalue weighted by Crippen LogP contribution is -2.25. The van der Waals surface area contributed by atoms with E-state index in [1.165, 1.54) is 50.1 Å². The van der Waals surface area contributed by atoms with Gasteiger partial charge in [-0.15, -0.1) is 0 Å². The minimum Gasteiger partial charge on any atom is -0.0683 e. The molecule has 0 spiro atoms. The first-order chi connectivity index (χ1) is 36.7. The van der Waals surface area contributed by atoms with Crippen molar-refractivity contribution in [3.05, 3.63) is 323 Å². The van der Waals surface area contributed by atoms with E-state index in [4.69, 9.17) is 0 Å². The highest BCUT2D eigenvalue weighted by atomic mass is 14.3. The molecule has 0 saturated carbocycles. The maximum atomic E-state index is 2.42. The number of rotatable bonds is 18. The van der Waals surface area contributed by atoms with Gasteiger partial charge >= 0.3 is 0 Å². The van der Waals surface area contributed by atoms with Crippen molar-refractivity contribution in [2.75, 3.05) is 0 Å². The first kappa shape index (κ1) is 60.5. The lowest BCUT2D eigenvalue weighted by Gasteiger charge is -2.30. The molecule has 0 N–H and O–H groups in total. The van der Waals surface area contributed by atoms with E-state index in [9.17, 15) is 0 Å². The van der Waals surface area contributed by atoms with Gasteiger partial charge in [0.05, 0.1) is 0 Å². The Morgan fingerprint density at radius 3 is 0.320 bits per heavy atom. The van der Waals surface area contributed by atoms with Crippen LogP contribution in [0.15, 0.2) is 273 Å². The first-order valence-electron chi connectivity index (χ1n) is 28.1. The molecular formula is C75H90. The predicted octanol–water partition coefficient (Wildman–Crippen LogP) is 20.2. The Bertz CT molecular complexity index is 2100. The molecule has 0 aliphatic rings. The summed E-state index contributed by atoms with van der Waals surface area (Å²) in [5.74, 6) is 0. The largest absolute Gasteiger partial charge is 0.0683 e. The topological polar surface area (TPSA) is 0 Å². The molecule has 0 aromatic heterocycles. The molecule has 9 rings (SSSR count). The number of hydrogen-bond donors (Lipinski definition) is 0. The van der Waals surface area contributed by atoms with Gasteiger partial charge in [-0.1, -0.05) is 335 Å². The SMILES string of the molecule is CC.CC.CC.CC(Cc1ccccc1)(Cc1ccccc1)Cc1ccccc1.CC(Cc1ccccc1)(Cc1ccccc1)Cc1ccccc1.CC(Cc1ccccc1)(Cc1ccccc1)Cc1ccccc1. The fraction of sp³-hybridized carbons (Fsp3) is 0.280. The molecule has 0 heteroatoms. The average Bonchev–Trinajstić information content (AvgIpc) is 3.45. The second-order valence-corrected chi connectivity index (χ2v) is 20.4. The van der Waals surface area contributed by atoms with Crippen LogP contribution in [0, 0.1) is 16.2 Å². The summed E-state index contributed by atoms with van der Waals surface area (Å²) in [6.45, 7) is 19.2. The molecule has 0 fully saturated rings. The third kappa shape index (κ3) is 23.4. The zero-order valence-electron chi connectivity index (χ0n) is 47.3. The van der Waals surface area contributed by atoms with Crippen molar-refractivity contribution in [3.8, 4) is 0 Å². The number of benzene rings is 9. The third-order valence-corrected chi connectivity index (χ3v) is 13.3. The maximum Gasteiger partial charge on any atom is -0.0205 e. The summed E-state index contributed by atoms with van der Waals surface area (Å²) in [4.78, 5) is 0. The van der Waals surface area contributed by atoms with Gasteiger partial charge in [-0.2, -0.15) is 0 Å². The molecule has 0 amide bonds. The lowest BCUT2D eigenvalue weighted by atomic mass is 9.74. The standard InChI is InChI=1S/3C23H24.3C2H6/c3*1-23(17-20-11-5-2-6-12-20,18-21-13-7-3-8-14-21)19-22-15-9-4-10-16-22;3*1-2/h3*2-16H,17-19H2,1H3;3*1-2H3. The second kappa shape index (κ2) is 34.5. The Hall–Kier alpha value is -7.02. The van der Waals surface area contributed by atoms with Gasteiger partial charge < -0.3 is 0 Å². The van der Waals surface area contributed by atoms with Crippen LogP contribution in [0.25, 0.3) is 0 Å². The summed E-state index contributed by atoms with van der Waals surface area (Å²) in [6, 6.07) is 97.7. The van der Waals surface area contributed by atoms with Crippen molar-refractivity contribution < 1.29 is 0 Å². The minimum absolute atomic E-state index is 0.212. The Morgan fingerprint density at radius 1 is 0.160 bits per heavy atom. The molecule has 0 nitrogen and oxygen atoms in total. The third-order valence-electron chi connectivity index (χ3n) is 13.3. The molecule has 0 aliphatic heterocycles. The van der Waals surface area contributed by atoms with Crippen molar-refractivity contribution in [2.45, 2.75) is 120 Å². The summed E-state index contributed by atoms with van der Waals surface area (Å²) in [5.41, 5.74) is 13.4. The van der Waals surface area contributed by atoms with E-state index in [0.29, 0.717) is 0 Å². The molecule has 0 atom stereocenters. The summed E-state index contributed by atoms with van der Waals surface area (Å²) >= 11 is 0. The van der Waals surface area contributed by atoms with Gasteiger partial charge in [0, 0.05) is 0 Å². The molecule has 0 unspecified atom stereocenters. The van der Waals surface area contributed by atoms with Crippen LogP contribution in [0.1, 0.15) is 112 Å². The fourth-order valence-electron chi connectivity index (χ4n) is 10.4. The van der Waals surface area contributed by atoms with Crippen LogP contribution < -0.4 is 0 Å². The van der Waals surface area contributed by atoms with Gasteiger partial charge in [0.15, 0.2) is 0 Å². The highest BCUT2D eigenvalue weighted by Gasteiger charge is 2.28. The highest BCUT2D eigenvalue weighted by molar-refractivity contribution is 5.28. The zero-order valence-corrected chi connectivity index (χ0v) is 47.3. The number of hydrogen-bond acceptors (Lipinski definition) is 0. The van der Waals surface area contributed by atoms with E-state index in [1.54, 1.807) is 0 Å². The van der Waals surface area contributed by atoms with E-state index in [0.717, 1.165) is 57.8 Å². The lowest BCUT2D eigenvalue weighted by molar-refractivity contribution is 0.316. The Kier molecular flexibility index (Phi) is 27.8. The van der Waals surface area contributed by atoms with Crippen molar-refractivity contribution >= 4 is 0 Å². The average molecular weight is 992 g/mol. The van der Waals surface area contributed by atoms with Gasteiger partial charge in [-0.3, -0.25) is 0 Å². The molecule has 75 heavy (non-hydrogen) atoms. The summed E-state index contributed by atoms with van der Waals surface area (Å²) in [7, 11) is 0. The van der Waals surface area contributed by atoms with Crippen molar-refractivity contribution in [2.24, 2.45) is 16.2 Å². The molecule has 0 saturated heterocycles. The van der Waals surface area contributed by atoms with Gasteiger partial charge in [-0.25, -0.2) is 0 Å². The normalized spacial score (nSPS) is 10.7. The van der Waals surface area contributed by atoms with Gasteiger partial charge in [0.2, 0.25) is 0 Å². The first-order valence-corrected chi connectivity index (χ1v) is 28.1. The van der Waals surface area contributed by atoms with Crippen molar-refractivity contribution in [1.82, 2.24) is 0 Å². The van der Waals surface area contributed by atoms with Gasteiger partial charge in [0.25, 0.3) is 0 Å². The van der Waals surface area contributed by atoms with Gasteiger partial charge in [-0.05, 0) is 124 Å². The van der Waals surface area contributed by atoms with Crippen molar-refractivity contribution in [1.29, 1.82) is 0 Å². The smallest absolute Gasteiger partial charge is 0.0205 e. The highest BCUT2D eigenvalue weighted by Crippen LogP contribution is 2.34. The van der Waals surface area contributed by atoms with E-state index in [1.807, 2.05) is 41.5 Å². The van der Waals surface area contributed by atoms with Crippen LogP contribution in [-0.4, -0.2) is 0 Å². The summed E-state index contributed by atoms with van der Waals surface area (Å²) < 4.78 is 0. The van der Waals surface area contributed by atoms with Crippen LogP contribution in [-0.2, 0) is 57.8 Å². The van der Waals surface area contributed by atoms with Crippen LogP contribution in [0.3, 0.4) is 0 Å². The molecular weight excluding hydrogens is 901 g/mol. The Balaban J connectivity index is 0.000000231. The molecule has 390 valence electrons. The summed E-state index contributed by atoms with van der Waals surface area (Å²) in [6.07, 6.45) is 9.85. The monoisotopic (exact) mass is 991 g/mol. The second-order valence-electron chi connectivity index (χ2n) is 20.4. The zero-order chi connectivity index (χ0) is 53.9. The van der Waals surface area contributed by atoms with E-state index in [2.05, 4.69) is 294 Å². The quantitative estimate of drug-likeness (QED) is 0.0804. The molecule has 9 aromatic carbocycles. The van der Waals surface area contributed by atoms with Crippen LogP contribution >= 0.6 is 0 Å². The van der Waals surface area contributed by atoms with Crippen LogP contribution in [0.5, 0.6) is 0 Å². The molecule has 0 aliphatic carbocycles. The fourth-order valence-corrected chi connectivity index (χ4v) is 10.4. The maximum absolute atomic E-state index is 2.42. The molecule has 0 radical (unpaired) electrons. The van der Waals surface area contributed by atoms with E-state index < -0.39 is 0 Å². The predicted molar refractivity (Wildman–Crippen MR) is 330 cm³/mol. The van der Waals surface area contributed by atoms with E-state index >= 15 is 0 Å². The molecule has 9 aromatic rings. The molecule has 0 heterocycles. The Labute approximate surface area is 457 Å². The Morgan fingerprint density at radius 2 is 0.240 bits per heavy atom. The molecule has 0 bridgehead atoms. The van der Waals surface area contributed by atoms with Gasteiger partial charge in [0.1, 0.15) is 0 Å². The van der Waals surface area contributed by atoms with E-state index in [-0.39, 0.29) is 16.2 Å². The minimum atomic E-state index is 0.212.